The highest BCUT2D eigenvalue weighted by atomic mass is 16.5. The van der Waals surface area contributed by atoms with Crippen LogP contribution in [-0.4, -0.2) is 30.9 Å². The third-order valence-electron chi connectivity index (χ3n) is 3.17. The number of rotatable bonds is 5. The molecule has 1 amide bonds. The lowest BCUT2D eigenvalue weighted by molar-refractivity contribution is -0.125. The van der Waals surface area contributed by atoms with E-state index in [1.54, 1.807) is 36.1 Å². The van der Waals surface area contributed by atoms with Crippen molar-refractivity contribution in [3.63, 3.8) is 0 Å². The maximum absolute atomic E-state index is 12.1. The lowest BCUT2D eigenvalue weighted by Gasteiger charge is -2.32. The SMILES string of the molecule is C=CCN1C(=O)C(C)Oc2ccc(C(=O)CCN)cc21. The van der Waals surface area contributed by atoms with Gasteiger partial charge in [0, 0.05) is 18.5 Å². The third kappa shape index (κ3) is 2.58. The van der Waals surface area contributed by atoms with E-state index in [1.807, 2.05) is 0 Å². The zero-order valence-corrected chi connectivity index (χ0v) is 11.5. The van der Waals surface area contributed by atoms with Gasteiger partial charge in [-0.15, -0.1) is 6.58 Å². The fourth-order valence-electron chi connectivity index (χ4n) is 2.17. The lowest BCUT2D eigenvalue weighted by atomic mass is 10.0. The summed E-state index contributed by atoms with van der Waals surface area (Å²) in [6, 6.07) is 5.10. The Morgan fingerprint density at radius 2 is 2.30 bits per heavy atom. The van der Waals surface area contributed by atoms with Gasteiger partial charge in [-0.2, -0.15) is 0 Å². The minimum absolute atomic E-state index is 0.0417. The van der Waals surface area contributed by atoms with Crippen molar-refractivity contribution in [1.82, 2.24) is 0 Å². The number of nitrogens with zero attached hydrogens (tertiary/aromatic N) is 1. The maximum atomic E-state index is 12.1. The molecule has 0 spiro atoms. The van der Waals surface area contributed by atoms with E-state index in [-0.39, 0.29) is 18.1 Å². The Hall–Kier alpha value is -2.14. The number of Topliss-reactive ketones (excluding diaryl/α,β-unsaturated/α-hetero) is 1. The minimum Gasteiger partial charge on any atom is -0.479 e. The average Bonchev–Trinajstić information content (AvgIpc) is 2.44. The summed E-state index contributed by atoms with van der Waals surface area (Å²) in [5.74, 6) is 0.420. The number of carbonyl (C=O) groups is 2. The van der Waals surface area contributed by atoms with Crippen LogP contribution in [0.4, 0.5) is 5.69 Å². The highest BCUT2D eigenvalue weighted by molar-refractivity contribution is 6.03. The fourth-order valence-corrected chi connectivity index (χ4v) is 2.17. The van der Waals surface area contributed by atoms with Gasteiger partial charge in [0.25, 0.3) is 5.91 Å². The molecule has 1 unspecified atom stereocenters. The van der Waals surface area contributed by atoms with E-state index in [0.29, 0.717) is 30.1 Å². The minimum atomic E-state index is -0.534. The van der Waals surface area contributed by atoms with Crippen LogP contribution in [-0.2, 0) is 4.79 Å². The second-order valence-electron chi connectivity index (χ2n) is 4.64. The summed E-state index contributed by atoms with van der Waals surface area (Å²) in [4.78, 5) is 25.6. The van der Waals surface area contributed by atoms with Crippen molar-refractivity contribution in [2.24, 2.45) is 5.73 Å². The summed E-state index contributed by atoms with van der Waals surface area (Å²) in [5.41, 5.74) is 6.54. The zero-order chi connectivity index (χ0) is 14.7. The predicted molar refractivity (Wildman–Crippen MR) is 77.1 cm³/mol. The molecule has 0 fully saturated rings. The first kappa shape index (κ1) is 14.3. The van der Waals surface area contributed by atoms with Crippen LogP contribution in [0.3, 0.4) is 0 Å². The van der Waals surface area contributed by atoms with Crippen LogP contribution >= 0.6 is 0 Å². The van der Waals surface area contributed by atoms with E-state index in [4.69, 9.17) is 10.5 Å². The standard InChI is InChI=1S/C15H18N2O3/c1-3-8-17-12-9-11(13(18)6-7-16)4-5-14(12)20-10(2)15(17)19/h3-5,9-10H,1,6-8,16H2,2H3. The molecule has 0 saturated heterocycles. The van der Waals surface area contributed by atoms with Gasteiger partial charge >= 0.3 is 0 Å². The van der Waals surface area contributed by atoms with Gasteiger partial charge in [-0.3, -0.25) is 9.59 Å². The van der Waals surface area contributed by atoms with Gasteiger partial charge in [0.15, 0.2) is 11.9 Å². The molecule has 0 saturated carbocycles. The summed E-state index contributed by atoms with van der Waals surface area (Å²) in [5, 5.41) is 0. The lowest BCUT2D eigenvalue weighted by Crippen LogP contribution is -2.44. The number of nitrogens with two attached hydrogens (primary N) is 1. The number of carbonyl (C=O) groups excluding carboxylic acids is 2. The quantitative estimate of drug-likeness (QED) is 0.652. The maximum Gasteiger partial charge on any atom is 0.268 e. The van der Waals surface area contributed by atoms with Crippen molar-refractivity contribution in [2.45, 2.75) is 19.4 Å². The topological polar surface area (TPSA) is 72.6 Å². The van der Waals surface area contributed by atoms with E-state index >= 15 is 0 Å². The van der Waals surface area contributed by atoms with Crippen LogP contribution in [0.25, 0.3) is 0 Å². The first-order chi connectivity index (χ1) is 9.58. The summed E-state index contributed by atoms with van der Waals surface area (Å²) in [6.07, 6.45) is 1.40. The van der Waals surface area contributed by atoms with Crippen LogP contribution in [0.5, 0.6) is 5.75 Å². The molecule has 20 heavy (non-hydrogen) atoms. The fraction of sp³-hybridized carbons (Fsp3) is 0.333. The van der Waals surface area contributed by atoms with E-state index in [1.165, 1.54) is 0 Å². The van der Waals surface area contributed by atoms with Crippen LogP contribution in [0, 0.1) is 0 Å². The molecule has 2 N–H and O–H groups in total. The molecule has 1 heterocycles. The molecule has 106 valence electrons. The Morgan fingerprint density at radius 3 is 2.95 bits per heavy atom. The van der Waals surface area contributed by atoms with Crippen LogP contribution in [0.15, 0.2) is 30.9 Å². The zero-order valence-electron chi connectivity index (χ0n) is 11.5. The molecule has 5 nitrogen and oxygen atoms in total. The second kappa shape index (κ2) is 5.88. The first-order valence-corrected chi connectivity index (χ1v) is 6.54. The number of ether oxygens (including phenoxy) is 1. The molecule has 1 atom stereocenters. The van der Waals surface area contributed by atoms with Crippen LogP contribution in [0.2, 0.25) is 0 Å². The number of hydrogen-bond acceptors (Lipinski definition) is 4. The van der Waals surface area contributed by atoms with Gasteiger partial charge in [0.05, 0.1) is 5.69 Å². The number of fused-ring (bicyclic) bond motifs is 1. The van der Waals surface area contributed by atoms with Gasteiger partial charge in [-0.25, -0.2) is 0 Å². The van der Waals surface area contributed by atoms with Crippen molar-refractivity contribution >= 4 is 17.4 Å². The molecule has 1 aliphatic rings. The van der Waals surface area contributed by atoms with E-state index < -0.39 is 6.10 Å². The summed E-state index contributed by atoms with van der Waals surface area (Å²) < 4.78 is 5.55. The summed E-state index contributed by atoms with van der Waals surface area (Å²) in [6.45, 7) is 6.05. The Bertz CT molecular complexity index is 554. The molecule has 1 aromatic rings. The molecule has 0 aliphatic carbocycles. The first-order valence-electron chi connectivity index (χ1n) is 6.54. The monoisotopic (exact) mass is 274 g/mol. The number of benzene rings is 1. The number of hydrogen-bond donors (Lipinski definition) is 1. The molecule has 1 aromatic carbocycles. The van der Waals surface area contributed by atoms with Crippen LogP contribution in [0.1, 0.15) is 23.7 Å². The Balaban J connectivity index is 2.42. The highest BCUT2D eigenvalue weighted by Crippen LogP contribution is 2.35. The largest absolute Gasteiger partial charge is 0.479 e. The molecule has 2 rings (SSSR count). The molecule has 5 heteroatoms. The van der Waals surface area contributed by atoms with Crippen molar-refractivity contribution in [3.05, 3.63) is 36.4 Å². The van der Waals surface area contributed by atoms with E-state index in [2.05, 4.69) is 6.58 Å². The molecule has 0 radical (unpaired) electrons. The molecule has 0 bridgehead atoms. The van der Waals surface area contributed by atoms with Gasteiger partial charge in [-0.1, -0.05) is 6.08 Å². The Labute approximate surface area is 118 Å². The van der Waals surface area contributed by atoms with E-state index in [9.17, 15) is 9.59 Å². The normalized spacial score (nSPS) is 17.4. The number of ketones is 1. The predicted octanol–water partition coefficient (Wildman–Crippen LogP) is 1.52. The van der Waals surface area contributed by atoms with E-state index in [0.717, 1.165) is 0 Å². The molecular weight excluding hydrogens is 256 g/mol. The van der Waals surface area contributed by atoms with Crippen molar-refractivity contribution in [3.8, 4) is 5.75 Å². The van der Waals surface area contributed by atoms with Gasteiger partial charge in [-0.05, 0) is 31.7 Å². The number of anilines is 1. The van der Waals surface area contributed by atoms with Crippen molar-refractivity contribution in [2.75, 3.05) is 18.0 Å². The van der Waals surface area contributed by atoms with Crippen molar-refractivity contribution < 1.29 is 14.3 Å². The van der Waals surface area contributed by atoms with Gasteiger partial charge in [0.1, 0.15) is 5.75 Å². The molecular formula is C15H18N2O3. The Kier molecular flexibility index (Phi) is 4.20. The smallest absolute Gasteiger partial charge is 0.268 e. The summed E-state index contributed by atoms with van der Waals surface area (Å²) in [7, 11) is 0. The molecule has 0 aromatic heterocycles. The highest BCUT2D eigenvalue weighted by Gasteiger charge is 2.31. The van der Waals surface area contributed by atoms with Gasteiger partial charge in [0.2, 0.25) is 0 Å². The second-order valence-corrected chi connectivity index (χ2v) is 4.64. The van der Waals surface area contributed by atoms with Gasteiger partial charge < -0.3 is 15.4 Å². The Morgan fingerprint density at radius 1 is 1.55 bits per heavy atom. The number of amides is 1. The summed E-state index contributed by atoms with van der Waals surface area (Å²) >= 11 is 0. The third-order valence-corrected chi connectivity index (χ3v) is 3.17. The van der Waals surface area contributed by atoms with Crippen molar-refractivity contribution in [1.29, 1.82) is 0 Å². The average molecular weight is 274 g/mol. The van der Waals surface area contributed by atoms with Crippen LogP contribution < -0.4 is 15.4 Å². The molecule has 1 aliphatic heterocycles.